The summed E-state index contributed by atoms with van der Waals surface area (Å²) in [4.78, 5) is 15.1. The van der Waals surface area contributed by atoms with Crippen molar-refractivity contribution in [2.45, 2.75) is 38.4 Å². The van der Waals surface area contributed by atoms with E-state index < -0.39 is 0 Å². The third kappa shape index (κ3) is 3.12. The van der Waals surface area contributed by atoms with Crippen molar-refractivity contribution >= 4 is 16.4 Å². The lowest BCUT2D eigenvalue weighted by Crippen LogP contribution is -2.35. The average Bonchev–Trinajstić information content (AvgIpc) is 3.52. The van der Waals surface area contributed by atoms with Crippen LogP contribution in [0.25, 0.3) is 16.4 Å². The highest BCUT2D eigenvalue weighted by molar-refractivity contribution is 5.83. The van der Waals surface area contributed by atoms with Gasteiger partial charge in [0, 0.05) is 24.8 Å². The number of fused-ring (bicyclic) bond motifs is 2. The molecule has 0 radical (unpaired) electrons. The fourth-order valence-electron chi connectivity index (χ4n) is 4.08. The molecular weight excluding hydrogens is 348 g/mol. The first kappa shape index (κ1) is 17.2. The molecular formula is C23H24N4O. The normalized spacial score (nSPS) is 15.5. The van der Waals surface area contributed by atoms with Crippen LogP contribution in [0.4, 0.5) is 0 Å². The third-order valence-electron chi connectivity index (χ3n) is 5.83. The summed E-state index contributed by atoms with van der Waals surface area (Å²) in [6.45, 7) is 3.70. The summed E-state index contributed by atoms with van der Waals surface area (Å²) in [7, 11) is 0. The van der Waals surface area contributed by atoms with E-state index in [0.717, 1.165) is 6.54 Å². The summed E-state index contributed by atoms with van der Waals surface area (Å²) in [5, 5.41) is 7.03. The van der Waals surface area contributed by atoms with Gasteiger partial charge in [0.15, 0.2) is 5.65 Å². The van der Waals surface area contributed by atoms with Crippen molar-refractivity contribution in [1.29, 1.82) is 0 Å². The van der Waals surface area contributed by atoms with Crippen LogP contribution in [0.2, 0.25) is 0 Å². The Morgan fingerprint density at radius 3 is 2.64 bits per heavy atom. The number of aromatic nitrogens is 3. The van der Waals surface area contributed by atoms with E-state index in [1.807, 2.05) is 18.2 Å². The molecule has 1 saturated carbocycles. The molecule has 1 fully saturated rings. The minimum atomic E-state index is -0.0651. The zero-order valence-electron chi connectivity index (χ0n) is 16.0. The summed E-state index contributed by atoms with van der Waals surface area (Å²) in [6, 6.07) is 21.8. The summed E-state index contributed by atoms with van der Waals surface area (Å²) in [6.07, 6.45) is 4.24. The minimum Gasteiger partial charge on any atom is -0.292 e. The number of hydrogen-bond donors (Lipinski definition) is 0. The predicted molar refractivity (Wildman–Crippen MR) is 112 cm³/mol. The van der Waals surface area contributed by atoms with Crippen LogP contribution in [0.5, 0.6) is 0 Å². The second-order valence-corrected chi connectivity index (χ2v) is 7.69. The lowest BCUT2D eigenvalue weighted by atomic mass is 10.0. The van der Waals surface area contributed by atoms with Crippen molar-refractivity contribution in [2.75, 3.05) is 6.54 Å². The molecule has 1 unspecified atom stereocenters. The van der Waals surface area contributed by atoms with Gasteiger partial charge in [0.1, 0.15) is 0 Å². The van der Waals surface area contributed by atoms with Crippen molar-refractivity contribution in [2.24, 2.45) is 0 Å². The molecule has 1 atom stereocenters. The van der Waals surface area contributed by atoms with E-state index in [2.05, 4.69) is 59.4 Å². The molecule has 142 valence electrons. The molecule has 5 heteroatoms. The van der Waals surface area contributed by atoms with Gasteiger partial charge in [0.25, 0.3) is 0 Å². The van der Waals surface area contributed by atoms with E-state index in [4.69, 9.17) is 0 Å². The summed E-state index contributed by atoms with van der Waals surface area (Å²) in [5.41, 5.74) is 1.96. The molecule has 0 amide bonds. The van der Waals surface area contributed by atoms with Gasteiger partial charge in [-0.25, -0.2) is 9.48 Å². The smallest absolute Gasteiger partial charge is 0.292 e. The topological polar surface area (TPSA) is 42.5 Å². The van der Waals surface area contributed by atoms with E-state index in [0.29, 0.717) is 24.3 Å². The Kier molecular flexibility index (Phi) is 4.24. The fraction of sp³-hybridized carbons (Fsp3) is 0.304. The quantitative estimate of drug-likeness (QED) is 0.516. The molecule has 1 aliphatic rings. The molecule has 28 heavy (non-hydrogen) atoms. The van der Waals surface area contributed by atoms with Crippen LogP contribution >= 0.6 is 0 Å². The van der Waals surface area contributed by atoms with E-state index >= 15 is 0 Å². The van der Waals surface area contributed by atoms with E-state index in [1.165, 1.54) is 29.2 Å². The number of rotatable bonds is 6. The highest BCUT2D eigenvalue weighted by atomic mass is 16.2. The van der Waals surface area contributed by atoms with E-state index in [1.54, 1.807) is 15.3 Å². The van der Waals surface area contributed by atoms with Crippen molar-refractivity contribution in [3.05, 3.63) is 82.9 Å². The predicted octanol–water partition coefficient (Wildman–Crippen LogP) is 3.87. The first-order valence-corrected chi connectivity index (χ1v) is 9.99. The van der Waals surface area contributed by atoms with E-state index in [9.17, 15) is 4.79 Å². The van der Waals surface area contributed by atoms with Crippen LogP contribution in [-0.2, 0) is 6.54 Å². The lowest BCUT2D eigenvalue weighted by Gasteiger charge is -2.29. The second kappa shape index (κ2) is 6.91. The highest BCUT2D eigenvalue weighted by Gasteiger charge is 2.32. The largest absolute Gasteiger partial charge is 0.350 e. The standard InChI is InChI=1S/C23H24N4O/c1-17(19-10-9-18-6-2-3-7-20(18)16-19)25(21-11-12-21)14-15-27-23(28)26-13-5-4-8-22(26)24-27/h2-10,13,16-17,21H,11-12,14-15H2,1H3. The van der Waals surface area contributed by atoms with Crippen LogP contribution < -0.4 is 5.69 Å². The van der Waals surface area contributed by atoms with Crippen LogP contribution in [0.3, 0.4) is 0 Å². The van der Waals surface area contributed by atoms with Crippen LogP contribution in [0.15, 0.2) is 71.7 Å². The number of hydrogen-bond acceptors (Lipinski definition) is 3. The molecule has 5 nitrogen and oxygen atoms in total. The molecule has 4 aromatic rings. The van der Waals surface area contributed by atoms with Gasteiger partial charge >= 0.3 is 5.69 Å². The monoisotopic (exact) mass is 372 g/mol. The van der Waals surface area contributed by atoms with Crippen molar-refractivity contribution < 1.29 is 0 Å². The second-order valence-electron chi connectivity index (χ2n) is 7.69. The molecule has 1 aliphatic carbocycles. The maximum absolute atomic E-state index is 12.6. The summed E-state index contributed by atoms with van der Waals surface area (Å²) >= 11 is 0. The van der Waals surface area contributed by atoms with Crippen molar-refractivity contribution in [3.8, 4) is 0 Å². The number of benzene rings is 2. The Bertz CT molecular complexity index is 1190. The zero-order chi connectivity index (χ0) is 19.1. The van der Waals surface area contributed by atoms with Gasteiger partial charge in [0.05, 0.1) is 6.54 Å². The minimum absolute atomic E-state index is 0.0651. The van der Waals surface area contributed by atoms with Gasteiger partial charge in [-0.1, -0.05) is 42.5 Å². The zero-order valence-corrected chi connectivity index (χ0v) is 16.0. The van der Waals surface area contributed by atoms with Crippen molar-refractivity contribution in [1.82, 2.24) is 19.1 Å². The van der Waals surface area contributed by atoms with Gasteiger partial charge < -0.3 is 0 Å². The SMILES string of the molecule is CC(c1ccc2ccccc2c1)N(CCn1nc2ccccn2c1=O)C1CC1. The first-order valence-electron chi connectivity index (χ1n) is 9.99. The fourth-order valence-corrected chi connectivity index (χ4v) is 4.08. The molecule has 5 rings (SSSR count). The van der Waals surface area contributed by atoms with Crippen LogP contribution in [-0.4, -0.2) is 31.7 Å². The van der Waals surface area contributed by atoms with Crippen LogP contribution in [0.1, 0.15) is 31.4 Å². The third-order valence-corrected chi connectivity index (χ3v) is 5.83. The molecule has 0 N–H and O–H groups in total. The van der Waals surface area contributed by atoms with Gasteiger partial charge in [0.2, 0.25) is 0 Å². The highest BCUT2D eigenvalue weighted by Crippen LogP contribution is 2.34. The Morgan fingerprint density at radius 1 is 1.07 bits per heavy atom. The van der Waals surface area contributed by atoms with Gasteiger partial charge in [-0.15, -0.1) is 5.10 Å². The molecule has 0 saturated heterocycles. The van der Waals surface area contributed by atoms with Gasteiger partial charge in [-0.2, -0.15) is 0 Å². The Balaban J connectivity index is 1.39. The molecule has 0 bridgehead atoms. The number of pyridine rings is 1. The molecule has 2 aromatic heterocycles. The average molecular weight is 372 g/mol. The summed E-state index contributed by atoms with van der Waals surface area (Å²) in [5.74, 6) is 0. The van der Waals surface area contributed by atoms with Crippen molar-refractivity contribution in [3.63, 3.8) is 0 Å². The Labute approximate surface area is 163 Å². The Morgan fingerprint density at radius 2 is 1.86 bits per heavy atom. The van der Waals surface area contributed by atoms with E-state index in [-0.39, 0.29) is 5.69 Å². The number of nitrogens with zero attached hydrogens (tertiary/aromatic N) is 4. The Hall–Kier alpha value is -2.92. The molecule has 0 aliphatic heterocycles. The summed E-state index contributed by atoms with van der Waals surface area (Å²) < 4.78 is 3.20. The van der Waals surface area contributed by atoms with Gasteiger partial charge in [-0.05, 0) is 54.3 Å². The maximum Gasteiger partial charge on any atom is 0.350 e. The first-order chi connectivity index (χ1) is 13.7. The molecule has 2 aromatic carbocycles. The lowest BCUT2D eigenvalue weighted by molar-refractivity contribution is 0.188. The maximum atomic E-state index is 12.6. The molecule has 2 heterocycles. The van der Waals surface area contributed by atoms with Gasteiger partial charge in [-0.3, -0.25) is 9.30 Å². The molecule has 0 spiro atoms. The van der Waals surface area contributed by atoms with Crippen LogP contribution in [0, 0.1) is 0 Å².